The number of rotatable bonds is 3. The molecule has 0 aliphatic rings. The molecule has 1 aromatic heterocycles. The maximum absolute atomic E-state index is 11.8. The van der Waals surface area contributed by atoms with Crippen LogP contribution in [0.2, 0.25) is 0 Å². The van der Waals surface area contributed by atoms with E-state index in [1.807, 2.05) is 20.8 Å². The summed E-state index contributed by atoms with van der Waals surface area (Å²) in [5.41, 5.74) is -0.263. The number of aromatic nitrogens is 1. The molecule has 1 unspecified atom stereocenters. The fraction of sp³-hybridized carbons (Fsp3) is 0.500. The van der Waals surface area contributed by atoms with E-state index in [2.05, 4.69) is 26.2 Å². The van der Waals surface area contributed by atoms with Crippen LogP contribution in [-0.4, -0.2) is 22.5 Å². The topological polar surface area (TPSA) is 51.2 Å². The first kappa shape index (κ1) is 14.0. The molecule has 1 N–H and O–H groups in total. The third kappa shape index (κ3) is 4.73. The molecule has 0 aromatic carbocycles. The lowest BCUT2D eigenvalue weighted by Gasteiger charge is -2.23. The molecule has 1 rings (SSSR count). The Morgan fingerprint density at radius 2 is 2.18 bits per heavy atom. The Balaban J connectivity index is 2.64. The minimum absolute atomic E-state index is 0.145. The average molecular weight is 301 g/mol. The van der Waals surface area contributed by atoms with E-state index < -0.39 is 6.10 Å². The Morgan fingerprint density at radius 1 is 1.53 bits per heavy atom. The predicted molar refractivity (Wildman–Crippen MR) is 69.9 cm³/mol. The molecule has 0 saturated heterocycles. The predicted octanol–water partition coefficient (Wildman–Crippen LogP) is 2.53. The summed E-state index contributed by atoms with van der Waals surface area (Å²) in [6.45, 7) is 7.49. The van der Waals surface area contributed by atoms with E-state index >= 15 is 0 Å². The Morgan fingerprint density at radius 3 is 2.71 bits per heavy atom. The molecule has 0 fully saturated rings. The number of hydrogen-bond donors (Lipinski definition) is 1. The third-order valence-electron chi connectivity index (χ3n) is 1.90. The number of ether oxygens (including phenoxy) is 1. The molecule has 4 nitrogen and oxygen atoms in total. The molecule has 0 spiro atoms. The molecule has 0 aliphatic heterocycles. The van der Waals surface area contributed by atoms with Gasteiger partial charge in [-0.05, 0) is 55.8 Å². The highest BCUT2D eigenvalue weighted by molar-refractivity contribution is 9.10. The van der Waals surface area contributed by atoms with Crippen LogP contribution in [0.3, 0.4) is 0 Å². The highest BCUT2D eigenvalue weighted by atomic mass is 79.9. The van der Waals surface area contributed by atoms with Gasteiger partial charge in [0.25, 0.3) is 5.91 Å². The number of hydrogen-bond acceptors (Lipinski definition) is 3. The summed E-state index contributed by atoms with van der Waals surface area (Å²) in [7, 11) is 0. The van der Waals surface area contributed by atoms with Gasteiger partial charge in [0.05, 0.1) is 0 Å². The summed E-state index contributed by atoms with van der Waals surface area (Å²) in [5, 5.41) is 2.86. The van der Waals surface area contributed by atoms with Crippen molar-refractivity contribution >= 4 is 21.8 Å². The zero-order chi connectivity index (χ0) is 13.1. The third-order valence-corrected chi connectivity index (χ3v) is 2.49. The zero-order valence-corrected chi connectivity index (χ0v) is 12.0. The summed E-state index contributed by atoms with van der Waals surface area (Å²) >= 11 is 3.27. The van der Waals surface area contributed by atoms with E-state index in [1.165, 1.54) is 0 Å². The van der Waals surface area contributed by atoms with Crippen LogP contribution in [0.4, 0.5) is 0 Å². The van der Waals surface area contributed by atoms with Crippen LogP contribution < -0.4 is 10.1 Å². The van der Waals surface area contributed by atoms with Gasteiger partial charge in [-0.25, -0.2) is 4.98 Å². The largest absolute Gasteiger partial charge is 0.478 e. The van der Waals surface area contributed by atoms with Gasteiger partial charge in [0.1, 0.15) is 4.60 Å². The molecule has 0 bridgehead atoms. The summed E-state index contributed by atoms with van der Waals surface area (Å²) in [6.07, 6.45) is 1.09. The van der Waals surface area contributed by atoms with E-state index in [0.717, 1.165) is 0 Å². The standard InChI is InChI=1S/C12H17BrN2O2/c1-8(11(16)15-12(2,3)4)17-9-6-5-7-14-10(9)13/h5-8H,1-4H3,(H,15,16). The maximum Gasteiger partial charge on any atom is 0.261 e. The van der Waals surface area contributed by atoms with Crippen LogP contribution in [0.15, 0.2) is 22.9 Å². The van der Waals surface area contributed by atoms with Crippen molar-refractivity contribution in [2.24, 2.45) is 0 Å². The summed E-state index contributed by atoms with van der Waals surface area (Å²) in [5.74, 6) is 0.414. The summed E-state index contributed by atoms with van der Waals surface area (Å²) < 4.78 is 6.12. The van der Waals surface area contributed by atoms with E-state index in [4.69, 9.17) is 4.74 Å². The molecule has 0 saturated carbocycles. The van der Waals surface area contributed by atoms with E-state index in [9.17, 15) is 4.79 Å². The van der Waals surface area contributed by atoms with Gasteiger partial charge in [-0.2, -0.15) is 0 Å². The molecule has 94 valence electrons. The van der Waals surface area contributed by atoms with Crippen LogP contribution >= 0.6 is 15.9 Å². The fourth-order valence-electron chi connectivity index (χ4n) is 1.17. The zero-order valence-electron chi connectivity index (χ0n) is 10.5. The Hall–Kier alpha value is -1.10. The van der Waals surface area contributed by atoms with Crippen molar-refractivity contribution in [1.29, 1.82) is 0 Å². The second-order valence-corrected chi connectivity index (χ2v) is 5.54. The van der Waals surface area contributed by atoms with Gasteiger partial charge in [0.15, 0.2) is 11.9 Å². The molecular weight excluding hydrogens is 284 g/mol. The lowest BCUT2D eigenvalue weighted by atomic mass is 10.1. The average Bonchev–Trinajstić information content (AvgIpc) is 2.18. The van der Waals surface area contributed by atoms with Crippen LogP contribution in [-0.2, 0) is 4.79 Å². The number of nitrogens with one attached hydrogen (secondary N) is 1. The van der Waals surface area contributed by atoms with Gasteiger partial charge >= 0.3 is 0 Å². The number of nitrogens with zero attached hydrogens (tertiary/aromatic N) is 1. The monoisotopic (exact) mass is 300 g/mol. The SMILES string of the molecule is CC(Oc1cccnc1Br)C(=O)NC(C)(C)C. The van der Waals surface area contributed by atoms with Crippen molar-refractivity contribution in [2.75, 3.05) is 0 Å². The van der Waals surface area contributed by atoms with Gasteiger partial charge < -0.3 is 10.1 Å². The van der Waals surface area contributed by atoms with E-state index in [1.54, 1.807) is 25.3 Å². The summed E-state index contributed by atoms with van der Waals surface area (Å²) in [6, 6.07) is 3.52. The lowest BCUT2D eigenvalue weighted by Crippen LogP contribution is -2.46. The molecule has 1 atom stereocenters. The first-order valence-corrected chi connectivity index (χ1v) is 6.18. The van der Waals surface area contributed by atoms with Crippen LogP contribution in [0.1, 0.15) is 27.7 Å². The molecule has 1 amide bonds. The molecule has 1 heterocycles. The number of carbonyl (C=O) groups excluding carboxylic acids is 1. The van der Waals surface area contributed by atoms with Crippen molar-refractivity contribution in [3.05, 3.63) is 22.9 Å². The quantitative estimate of drug-likeness (QED) is 0.873. The highest BCUT2D eigenvalue weighted by Gasteiger charge is 2.21. The van der Waals surface area contributed by atoms with Crippen LogP contribution in [0, 0.1) is 0 Å². The van der Waals surface area contributed by atoms with Crippen molar-refractivity contribution in [3.8, 4) is 5.75 Å². The Labute approximate surface area is 110 Å². The minimum atomic E-state index is -0.560. The lowest BCUT2D eigenvalue weighted by molar-refractivity contribution is -0.128. The second kappa shape index (κ2) is 5.49. The van der Waals surface area contributed by atoms with E-state index in [0.29, 0.717) is 10.4 Å². The van der Waals surface area contributed by atoms with Gasteiger partial charge in [-0.1, -0.05) is 0 Å². The number of halogens is 1. The van der Waals surface area contributed by atoms with Crippen molar-refractivity contribution < 1.29 is 9.53 Å². The number of carbonyl (C=O) groups is 1. The Kier molecular flexibility index (Phi) is 4.51. The smallest absolute Gasteiger partial charge is 0.261 e. The Bertz CT molecular complexity index is 402. The normalized spacial score (nSPS) is 13.0. The molecule has 5 heteroatoms. The molecule has 1 aromatic rings. The maximum atomic E-state index is 11.8. The molecule has 0 radical (unpaired) electrons. The van der Waals surface area contributed by atoms with Crippen molar-refractivity contribution in [1.82, 2.24) is 10.3 Å². The second-order valence-electron chi connectivity index (χ2n) is 4.79. The summed E-state index contributed by atoms with van der Waals surface area (Å²) in [4.78, 5) is 15.8. The van der Waals surface area contributed by atoms with Crippen molar-refractivity contribution in [3.63, 3.8) is 0 Å². The van der Waals surface area contributed by atoms with Crippen LogP contribution in [0.5, 0.6) is 5.75 Å². The number of pyridine rings is 1. The van der Waals surface area contributed by atoms with Gasteiger partial charge in [-0.3, -0.25) is 4.79 Å². The van der Waals surface area contributed by atoms with Gasteiger partial charge in [0, 0.05) is 11.7 Å². The van der Waals surface area contributed by atoms with Gasteiger partial charge in [-0.15, -0.1) is 0 Å². The molecular formula is C12H17BrN2O2. The first-order valence-electron chi connectivity index (χ1n) is 5.39. The molecule has 0 aliphatic carbocycles. The molecule has 17 heavy (non-hydrogen) atoms. The van der Waals surface area contributed by atoms with Crippen molar-refractivity contribution in [2.45, 2.75) is 39.3 Å². The highest BCUT2D eigenvalue weighted by Crippen LogP contribution is 2.22. The van der Waals surface area contributed by atoms with Gasteiger partial charge in [0.2, 0.25) is 0 Å². The fourth-order valence-corrected chi connectivity index (χ4v) is 1.52. The minimum Gasteiger partial charge on any atom is -0.478 e. The van der Waals surface area contributed by atoms with E-state index in [-0.39, 0.29) is 11.4 Å². The first-order chi connectivity index (χ1) is 7.79. The van der Waals surface area contributed by atoms with Crippen LogP contribution in [0.25, 0.3) is 0 Å². The number of amides is 1.